The fourth-order valence-corrected chi connectivity index (χ4v) is 3.32. The van der Waals surface area contributed by atoms with Gasteiger partial charge in [-0.3, -0.25) is 9.59 Å². The minimum Gasteiger partial charge on any atom is -0.497 e. The smallest absolute Gasteiger partial charge is 0.253 e. The Balaban J connectivity index is 1.59. The predicted molar refractivity (Wildman–Crippen MR) is 105 cm³/mol. The molecule has 5 heteroatoms. The van der Waals surface area contributed by atoms with Crippen LogP contribution in [0.15, 0.2) is 48.5 Å². The van der Waals surface area contributed by atoms with Crippen LogP contribution in [0, 0.1) is 6.92 Å². The summed E-state index contributed by atoms with van der Waals surface area (Å²) in [5.41, 5.74) is 2.78. The molecule has 2 aromatic rings. The first-order valence-electron chi connectivity index (χ1n) is 9.33. The molecular formula is C22H26N2O3. The lowest BCUT2D eigenvalue weighted by Gasteiger charge is -2.22. The van der Waals surface area contributed by atoms with E-state index in [9.17, 15) is 9.59 Å². The first kappa shape index (κ1) is 19.0. The van der Waals surface area contributed by atoms with Crippen molar-refractivity contribution in [3.05, 3.63) is 65.2 Å². The molecule has 0 aliphatic carbocycles. The number of methoxy groups -OCH3 is 1. The fourth-order valence-electron chi connectivity index (χ4n) is 3.32. The number of aryl methyl sites for hydroxylation is 1. The summed E-state index contributed by atoms with van der Waals surface area (Å²) in [7, 11) is 1.62. The number of ether oxygens (including phenoxy) is 1. The standard InChI is InChI=1S/C22H26N2O3/c1-17-7-9-19(10-8-17)22(26)24-12-4-11-23(13-14-24)21(25)16-18-5-3-6-20(15-18)27-2/h3,5-10,15H,4,11-14,16H2,1-2H3. The second-order valence-electron chi connectivity index (χ2n) is 6.92. The van der Waals surface area contributed by atoms with E-state index in [0.717, 1.165) is 23.3 Å². The Hall–Kier alpha value is -2.82. The van der Waals surface area contributed by atoms with E-state index in [1.165, 1.54) is 0 Å². The number of carbonyl (C=O) groups excluding carboxylic acids is 2. The molecule has 0 saturated carbocycles. The summed E-state index contributed by atoms with van der Waals surface area (Å²) in [5.74, 6) is 0.885. The predicted octanol–water partition coefficient (Wildman–Crippen LogP) is 2.92. The summed E-state index contributed by atoms with van der Waals surface area (Å²) < 4.78 is 5.22. The second kappa shape index (κ2) is 8.71. The van der Waals surface area contributed by atoms with Gasteiger partial charge in [0.05, 0.1) is 13.5 Å². The molecule has 1 aliphatic heterocycles. The summed E-state index contributed by atoms with van der Waals surface area (Å²) >= 11 is 0. The first-order valence-corrected chi connectivity index (χ1v) is 9.33. The van der Waals surface area contributed by atoms with E-state index in [4.69, 9.17) is 4.74 Å². The van der Waals surface area contributed by atoms with Crippen LogP contribution in [0.25, 0.3) is 0 Å². The molecule has 1 aliphatic rings. The van der Waals surface area contributed by atoms with E-state index in [0.29, 0.717) is 38.2 Å². The van der Waals surface area contributed by atoms with Crippen LogP contribution < -0.4 is 4.74 Å². The van der Waals surface area contributed by atoms with E-state index in [-0.39, 0.29) is 11.8 Å². The molecule has 142 valence electrons. The third-order valence-electron chi connectivity index (χ3n) is 4.92. The summed E-state index contributed by atoms with van der Waals surface area (Å²) in [6, 6.07) is 15.2. The third-order valence-corrected chi connectivity index (χ3v) is 4.92. The van der Waals surface area contributed by atoms with Gasteiger partial charge < -0.3 is 14.5 Å². The highest BCUT2D eigenvalue weighted by atomic mass is 16.5. The molecule has 27 heavy (non-hydrogen) atoms. The molecule has 0 aromatic heterocycles. The Labute approximate surface area is 160 Å². The van der Waals surface area contributed by atoms with Crippen molar-refractivity contribution in [2.75, 3.05) is 33.3 Å². The summed E-state index contributed by atoms with van der Waals surface area (Å²) in [6.07, 6.45) is 1.14. The van der Waals surface area contributed by atoms with E-state index < -0.39 is 0 Å². The summed E-state index contributed by atoms with van der Waals surface area (Å²) in [4.78, 5) is 29.1. The van der Waals surface area contributed by atoms with Gasteiger partial charge in [-0.05, 0) is 43.2 Å². The summed E-state index contributed by atoms with van der Waals surface area (Å²) in [6.45, 7) is 4.50. The zero-order valence-corrected chi connectivity index (χ0v) is 16.0. The Bertz CT molecular complexity index is 801. The van der Waals surface area contributed by atoms with Crippen LogP contribution in [0.4, 0.5) is 0 Å². The van der Waals surface area contributed by atoms with E-state index >= 15 is 0 Å². The van der Waals surface area contributed by atoms with Gasteiger partial charge in [0.2, 0.25) is 5.91 Å². The lowest BCUT2D eigenvalue weighted by atomic mass is 10.1. The molecule has 0 N–H and O–H groups in total. The van der Waals surface area contributed by atoms with Crippen molar-refractivity contribution >= 4 is 11.8 Å². The van der Waals surface area contributed by atoms with Crippen molar-refractivity contribution in [1.29, 1.82) is 0 Å². The van der Waals surface area contributed by atoms with E-state index in [2.05, 4.69) is 0 Å². The second-order valence-corrected chi connectivity index (χ2v) is 6.92. The van der Waals surface area contributed by atoms with E-state index in [1.54, 1.807) is 7.11 Å². The van der Waals surface area contributed by atoms with Gasteiger partial charge in [-0.15, -0.1) is 0 Å². The van der Waals surface area contributed by atoms with Crippen molar-refractivity contribution in [2.24, 2.45) is 0 Å². The molecule has 2 amide bonds. The monoisotopic (exact) mass is 366 g/mol. The molecular weight excluding hydrogens is 340 g/mol. The van der Waals surface area contributed by atoms with Crippen molar-refractivity contribution in [2.45, 2.75) is 19.8 Å². The number of benzene rings is 2. The Morgan fingerprint density at radius 2 is 1.67 bits per heavy atom. The van der Waals surface area contributed by atoms with Gasteiger partial charge in [0.25, 0.3) is 5.91 Å². The average Bonchev–Trinajstić information content (AvgIpc) is 2.94. The first-order chi connectivity index (χ1) is 13.1. The minimum atomic E-state index is 0.0390. The van der Waals surface area contributed by atoms with Crippen LogP contribution >= 0.6 is 0 Å². The number of hydrogen-bond acceptors (Lipinski definition) is 3. The van der Waals surface area contributed by atoms with Gasteiger partial charge in [0.15, 0.2) is 0 Å². The molecule has 1 saturated heterocycles. The molecule has 1 heterocycles. The fraction of sp³-hybridized carbons (Fsp3) is 0.364. The lowest BCUT2D eigenvalue weighted by molar-refractivity contribution is -0.130. The van der Waals surface area contributed by atoms with Gasteiger partial charge in [-0.1, -0.05) is 29.8 Å². The van der Waals surface area contributed by atoms with Crippen molar-refractivity contribution < 1.29 is 14.3 Å². The minimum absolute atomic E-state index is 0.0390. The number of hydrogen-bond donors (Lipinski definition) is 0. The maximum absolute atomic E-state index is 12.7. The van der Waals surface area contributed by atoms with Gasteiger partial charge in [-0.2, -0.15) is 0 Å². The molecule has 0 radical (unpaired) electrons. The SMILES string of the molecule is COc1cccc(CC(=O)N2CCCN(C(=O)c3ccc(C)cc3)CC2)c1. The van der Waals surface area contributed by atoms with E-state index in [1.807, 2.05) is 65.3 Å². The zero-order valence-electron chi connectivity index (χ0n) is 16.0. The molecule has 1 fully saturated rings. The molecule has 0 unspecified atom stereocenters. The zero-order chi connectivity index (χ0) is 19.2. The number of rotatable bonds is 4. The number of carbonyl (C=O) groups is 2. The van der Waals surface area contributed by atoms with Crippen LogP contribution in [0.1, 0.15) is 27.9 Å². The average molecular weight is 366 g/mol. The maximum atomic E-state index is 12.7. The van der Waals surface area contributed by atoms with Crippen molar-refractivity contribution in [1.82, 2.24) is 9.80 Å². The molecule has 3 rings (SSSR count). The van der Waals surface area contributed by atoms with Gasteiger partial charge in [0.1, 0.15) is 5.75 Å². The Kier molecular flexibility index (Phi) is 6.12. The topological polar surface area (TPSA) is 49.9 Å². The van der Waals surface area contributed by atoms with Crippen LogP contribution in [0.3, 0.4) is 0 Å². The third kappa shape index (κ3) is 4.88. The normalized spacial score (nSPS) is 14.6. The van der Waals surface area contributed by atoms with Gasteiger partial charge >= 0.3 is 0 Å². The highest BCUT2D eigenvalue weighted by molar-refractivity contribution is 5.94. The van der Waals surface area contributed by atoms with Crippen LogP contribution in [0.2, 0.25) is 0 Å². The summed E-state index contributed by atoms with van der Waals surface area (Å²) in [5, 5.41) is 0. The van der Waals surface area contributed by atoms with Crippen LogP contribution in [-0.2, 0) is 11.2 Å². The molecule has 0 atom stereocenters. The highest BCUT2D eigenvalue weighted by Gasteiger charge is 2.23. The van der Waals surface area contributed by atoms with Crippen LogP contribution in [-0.4, -0.2) is 54.9 Å². The largest absolute Gasteiger partial charge is 0.497 e. The molecule has 2 aromatic carbocycles. The molecule has 0 spiro atoms. The van der Waals surface area contributed by atoms with Crippen molar-refractivity contribution in [3.63, 3.8) is 0 Å². The lowest BCUT2D eigenvalue weighted by Crippen LogP contribution is -2.38. The quantitative estimate of drug-likeness (QED) is 0.836. The maximum Gasteiger partial charge on any atom is 0.253 e. The van der Waals surface area contributed by atoms with Crippen LogP contribution in [0.5, 0.6) is 5.75 Å². The van der Waals surface area contributed by atoms with Gasteiger partial charge in [-0.25, -0.2) is 0 Å². The van der Waals surface area contributed by atoms with Crippen molar-refractivity contribution in [3.8, 4) is 5.75 Å². The Morgan fingerprint density at radius 1 is 0.963 bits per heavy atom. The molecule has 0 bridgehead atoms. The Morgan fingerprint density at radius 3 is 2.41 bits per heavy atom. The van der Waals surface area contributed by atoms with Gasteiger partial charge in [0, 0.05) is 31.7 Å². The molecule has 5 nitrogen and oxygen atoms in total. The highest BCUT2D eigenvalue weighted by Crippen LogP contribution is 2.15. The number of amides is 2. The number of nitrogens with zero attached hydrogens (tertiary/aromatic N) is 2.